The summed E-state index contributed by atoms with van der Waals surface area (Å²) in [5.41, 5.74) is 6.53. The normalized spacial score (nSPS) is 16.6. The van der Waals surface area contributed by atoms with E-state index >= 15 is 0 Å². The molecule has 3 rings (SSSR count). The zero-order chi connectivity index (χ0) is 24.5. The minimum Gasteiger partial charge on any atom is -0.354 e. The molecule has 34 heavy (non-hydrogen) atoms. The lowest BCUT2D eigenvalue weighted by atomic mass is 10.00. The lowest BCUT2D eigenvalue weighted by Gasteiger charge is -2.29. The molecule has 2 unspecified atom stereocenters. The van der Waals surface area contributed by atoms with Gasteiger partial charge < -0.3 is 21.3 Å². The molecular weight excluding hydrogens is 428 g/mol. The minimum absolute atomic E-state index is 0.0427. The van der Waals surface area contributed by atoms with Crippen molar-refractivity contribution < 1.29 is 14.4 Å². The van der Waals surface area contributed by atoms with Crippen molar-refractivity contribution in [1.29, 1.82) is 0 Å². The number of likely N-dealkylation sites (tertiary alicyclic amines) is 1. The number of fused-ring (bicyclic) bond motifs is 1. The van der Waals surface area contributed by atoms with Crippen molar-refractivity contribution in [1.82, 2.24) is 15.5 Å². The maximum Gasteiger partial charge on any atom is 0.243 e. The van der Waals surface area contributed by atoms with Gasteiger partial charge in [-0.1, -0.05) is 56.3 Å². The average molecular weight is 467 g/mol. The first kappa shape index (κ1) is 25.7. The van der Waals surface area contributed by atoms with E-state index < -0.39 is 12.1 Å². The summed E-state index contributed by atoms with van der Waals surface area (Å²) in [5.74, 6) is -0.509. The van der Waals surface area contributed by atoms with Gasteiger partial charge in [-0.3, -0.25) is 14.4 Å². The molecule has 1 heterocycles. The van der Waals surface area contributed by atoms with Crippen molar-refractivity contribution in [3.63, 3.8) is 0 Å². The van der Waals surface area contributed by atoms with Gasteiger partial charge in [0.15, 0.2) is 0 Å². The summed E-state index contributed by atoms with van der Waals surface area (Å²) in [6.07, 6.45) is 3.97. The fourth-order valence-electron chi connectivity index (χ4n) is 4.69. The number of amides is 3. The highest BCUT2D eigenvalue weighted by atomic mass is 16.2. The monoisotopic (exact) mass is 466 g/mol. The average Bonchev–Trinajstić information content (AvgIpc) is 3.34. The number of carbonyl (C=O) groups is 3. The van der Waals surface area contributed by atoms with Crippen molar-refractivity contribution >= 4 is 28.5 Å². The highest BCUT2D eigenvalue weighted by Gasteiger charge is 2.37. The van der Waals surface area contributed by atoms with Crippen LogP contribution < -0.4 is 16.4 Å². The third kappa shape index (κ3) is 6.35. The Labute approximate surface area is 202 Å². The van der Waals surface area contributed by atoms with E-state index in [9.17, 15) is 14.4 Å². The van der Waals surface area contributed by atoms with Crippen LogP contribution in [-0.2, 0) is 20.8 Å². The van der Waals surface area contributed by atoms with Crippen molar-refractivity contribution in [2.24, 2.45) is 11.7 Å². The van der Waals surface area contributed by atoms with E-state index in [1.54, 1.807) is 4.90 Å². The second-order valence-electron chi connectivity index (χ2n) is 9.08. The number of nitrogens with one attached hydrogen (secondary N) is 2. The van der Waals surface area contributed by atoms with E-state index in [0.717, 1.165) is 35.6 Å². The molecule has 1 aliphatic rings. The summed E-state index contributed by atoms with van der Waals surface area (Å²) in [7, 11) is 0. The summed E-state index contributed by atoms with van der Waals surface area (Å²) < 4.78 is 0. The van der Waals surface area contributed by atoms with E-state index in [0.29, 0.717) is 38.9 Å². The molecule has 3 amide bonds. The van der Waals surface area contributed by atoms with Gasteiger partial charge in [-0.15, -0.1) is 0 Å². The van der Waals surface area contributed by atoms with Gasteiger partial charge >= 0.3 is 0 Å². The van der Waals surface area contributed by atoms with Crippen LogP contribution in [0.5, 0.6) is 0 Å². The number of hydrogen-bond donors (Lipinski definition) is 3. The lowest BCUT2D eigenvalue weighted by Crippen LogP contribution is -2.54. The standard InChI is InChI=1S/C27H38N4O3/c1-3-20(4-2)27(34)31-16-7-11-24(31)26(33)30-23(25(32)29-15-8-14-28)18-19-12-13-21-9-5-6-10-22(21)17-19/h5-6,9-10,12-13,17,20,23-24H,3-4,7-8,11,14-16,18,28H2,1-2H3,(H,29,32)(H,30,33). The Balaban J connectivity index is 1.76. The number of benzene rings is 2. The van der Waals surface area contributed by atoms with Crippen LogP contribution in [-0.4, -0.2) is 54.3 Å². The summed E-state index contributed by atoms with van der Waals surface area (Å²) in [4.78, 5) is 41.0. The Hall–Kier alpha value is -2.93. The fraction of sp³-hybridized carbons (Fsp3) is 0.519. The molecule has 0 bridgehead atoms. The molecule has 0 aliphatic carbocycles. The Morgan fingerprint density at radius 2 is 1.82 bits per heavy atom. The van der Waals surface area contributed by atoms with Gasteiger partial charge in [-0.25, -0.2) is 0 Å². The number of hydrogen-bond acceptors (Lipinski definition) is 4. The van der Waals surface area contributed by atoms with Crippen molar-refractivity contribution in [2.75, 3.05) is 19.6 Å². The summed E-state index contributed by atoms with van der Waals surface area (Å²) in [6.45, 7) is 5.54. The van der Waals surface area contributed by atoms with Crippen molar-refractivity contribution in [2.45, 2.75) is 64.5 Å². The van der Waals surface area contributed by atoms with Crippen LogP contribution in [0.4, 0.5) is 0 Å². The zero-order valence-corrected chi connectivity index (χ0v) is 20.4. The van der Waals surface area contributed by atoms with Gasteiger partial charge in [0.2, 0.25) is 17.7 Å². The van der Waals surface area contributed by atoms with Gasteiger partial charge in [0, 0.05) is 25.4 Å². The van der Waals surface area contributed by atoms with Gasteiger partial charge in [-0.2, -0.15) is 0 Å². The van der Waals surface area contributed by atoms with Crippen LogP contribution in [0, 0.1) is 5.92 Å². The predicted molar refractivity (Wildman–Crippen MR) is 135 cm³/mol. The second-order valence-corrected chi connectivity index (χ2v) is 9.08. The Bertz CT molecular complexity index is 989. The Kier molecular flexibility index (Phi) is 9.45. The summed E-state index contributed by atoms with van der Waals surface area (Å²) >= 11 is 0. The van der Waals surface area contributed by atoms with Gasteiger partial charge in [-0.05, 0) is 55.0 Å². The molecular formula is C27H38N4O3. The topological polar surface area (TPSA) is 105 Å². The van der Waals surface area contributed by atoms with E-state index in [2.05, 4.69) is 16.7 Å². The van der Waals surface area contributed by atoms with Crippen LogP contribution >= 0.6 is 0 Å². The molecule has 2 aromatic rings. The quantitative estimate of drug-likeness (QED) is 0.443. The smallest absolute Gasteiger partial charge is 0.243 e. The highest BCUT2D eigenvalue weighted by Crippen LogP contribution is 2.23. The molecule has 1 aliphatic heterocycles. The Morgan fingerprint density at radius 3 is 2.53 bits per heavy atom. The summed E-state index contributed by atoms with van der Waals surface area (Å²) in [6, 6.07) is 12.9. The fourth-order valence-corrected chi connectivity index (χ4v) is 4.69. The first-order valence-electron chi connectivity index (χ1n) is 12.5. The SMILES string of the molecule is CCC(CC)C(=O)N1CCCC1C(=O)NC(Cc1ccc2ccccc2c1)C(=O)NCCCN. The Morgan fingerprint density at radius 1 is 1.09 bits per heavy atom. The number of carbonyl (C=O) groups excluding carboxylic acids is 3. The molecule has 7 nitrogen and oxygen atoms in total. The van der Waals surface area contributed by atoms with Gasteiger partial charge in [0.25, 0.3) is 0 Å². The highest BCUT2D eigenvalue weighted by molar-refractivity contribution is 5.93. The maximum atomic E-state index is 13.3. The second kappa shape index (κ2) is 12.5. The minimum atomic E-state index is -0.725. The number of nitrogens with two attached hydrogens (primary N) is 1. The van der Waals surface area contributed by atoms with Crippen LogP contribution in [0.1, 0.15) is 51.5 Å². The molecule has 0 spiro atoms. The van der Waals surface area contributed by atoms with E-state index in [-0.39, 0.29) is 23.6 Å². The lowest BCUT2D eigenvalue weighted by molar-refractivity contribution is -0.142. The predicted octanol–water partition coefficient (Wildman–Crippen LogP) is 2.76. The molecule has 4 N–H and O–H groups in total. The van der Waals surface area contributed by atoms with E-state index in [1.807, 2.05) is 50.2 Å². The third-order valence-corrected chi connectivity index (χ3v) is 6.74. The molecule has 7 heteroatoms. The molecule has 0 saturated carbocycles. The van der Waals surface area contributed by atoms with Gasteiger partial charge in [0.05, 0.1) is 0 Å². The molecule has 2 atom stereocenters. The molecule has 0 radical (unpaired) electrons. The third-order valence-electron chi connectivity index (χ3n) is 6.74. The molecule has 2 aromatic carbocycles. The van der Waals surface area contributed by atoms with Crippen LogP contribution in [0.2, 0.25) is 0 Å². The van der Waals surface area contributed by atoms with Crippen molar-refractivity contribution in [3.8, 4) is 0 Å². The number of nitrogens with zero attached hydrogens (tertiary/aromatic N) is 1. The largest absolute Gasteiger partial charge is 0.354 e. The van der Waals surface area contributed by atoms with Crippen molar-refractivity contribution in [3.05, 3.63) is 48.0 Å². The first-order valence-corrected chi connectivity index (χ1v) is 12.5. The first-order chi connectivity index (χ1) is 16.5. The van der Waals surface area contributed by atoms with Gasteiger partial charge in [0.1, 0.15) is 12.1 Å². The summed E-state index contributed by atoms with van der Waals surface area (Å²) in [5, 5.41) is 8.07. The molecule has 184 valence electrons. The van der Waals surface area contributed by atoms with E-state index in [1.165, 1.54) is 0 Å². The molecule has 1 saturated heterocycles. The molecule has 0 aromatic heterocycles. The number of rotatable bonds is 11. The van der Waals surface area contributed by atoms with Crippen LogP contribution in [0.15, 0.2) is 42.5 Å². The van der Waals surface area contributed by atoms with E-state index in [4.69, 9.17) is 5.73 Å². The maximum absolute atomic E-state index is 13.3. The van der Waals surface area contributed by atoms with Crippen LogP contribution in [0.3, 0.4) is 0 Å². The van der Waals surface area contributed by atoms with Crippen LogP contribution in [0.25, 0.3) is 10.8 Å². The molecule has 1 fully saturated rings. The zero-order valence-electron chi connectivity index (χ0n) is 20.4.